The highest BCUT2D eigenvalue weighted by Crippen LogP contribution is 2.29. The van der Waals surface area contributed by atoms with E-state index in [-0.39, 0.29) is 18.8 Å². The van der Waals surface area contributed by atoms with Crippen LogP contribution < -0.4 is 4.74 Å². The average molecular weight is 432 g/mol. The quantitative estimate of drug-likeness (QED) is 0.597. The van der Waals surface area contributed by atoms with Crippen LogP contribution in [0.5, 0.6) is 5.75 Å². The Labute approximate surface area is 183 Å². The molecule has 2 heterocycles. The molecule has 9 nitrogen and oxygen atoms in total. The summed E-state index contributed by atoms with van der Waals surface area (Å²) in [5.41, 5.74) is 2.62. The fourth-order valence-corrected chi connectivity index (χ4v) is 3.74. The van der Waals surface area contributed by atoms with Crippen molar-refractivity contribution in [3.8, 4) is 17.1 Å². The van der Waals surface area contributed by atoms with Crippen molar-refractivity contribution in [3.05, 3.63) is 23.5 Å². The molecule has 0 N–H and O–H groups in total. The van der Waals surface area contributed by atoms with Crippen molar-refractivity contribution >= 4 is 6.09 Å². The Bertz CT molecular complexity index is 864. The molecule has 1 aliphatic rings. The molecule has 0 radical (unpaired) electrons. The molecule has 0 atom stereocenters. The van der Waals surface area contributed by atoms with E-state index in [1.807, 2.05) is 19.1 Å². The third-order valence-electron chi connectivity index (χ3n) is 5.45. The van der Waals surface area contributed by atoms with Crippen LogP contribution in [0.3, 0.4) is 0 Å². The van der Waals surface area contributed by atoms with Crippen LogP contribution >= 0.6 is 0 Å². The first-order valence-corrected chi connectivity index (χ1v) is 11.0. The molecule has 1 amide bonds. The molecule has 2 aromatic rings. The van der Waals surface area contributed by atoms with Crippen molar-refractivity contribution in [2.24, 2.45) is 7.05 Å². The van der Waals surface area contributed by atoms with E-state index in [2.05, 4.69) is 10.3 Å². The predicted molar refractivity (Wildman–Crippen MR) is 116 cm³/mol. The average Bonchev–Trinajstić information content (AvgIpc) is 3.14. The molecule has 3 rings (SSSR count). The highest BCUT2D eigenvalue weighted by molar-refractivity contribution is 5.67. The molecule has 1 fully saturated rings. The minimum Gasteiger partial charge on any atom is -0.488 e. The van der Waals surface area contributed by atoms with E-state index in [0.29, 0.717) is 30.2 Å². The fraction of sp³-hybridized carbons (Fsp3) is 0.636. The maximum atomic E-state index is 12.2. The first-order chi connectivity index (χ1) is 15.0. The van der Waals surface area contributed by atoms with Crippen molar-refractivity contribution < 1.29 is 19.0 Å². The number of aryl methyl sites for hydroxylation is 1. The Morgan fingerprint density at radius 3 is 2.71 bits per heavy atom. The zero-order valence-electron chi connectivity index (χ0n) is 19.0. The van der Waals surface area contributed by atoms with Crippen molar-refractivity contribution in [1.29, 1.82) is 0 Å². The number of methoxy groups -OCH3 is 1. The maximum Gasteiger partial charge on any atom is 0.409 e. The van der Waals surface area contributed by atoms with Gasteiger partial charge < -0.3 is 19.1 Å². The summed E-state index contributed by atoms with van der Waals surface area (Å²) >= 11 is 0. The molecule has 9 heteroatoms. The molecule has 0 unspecified atom stereocenters. The van der Waals surface area contributed by atoms with Gasteiger partial charge in [0.2, 0.25) is 0 Å². The van der Waals surface area contributed by atoms with Gasteiger partial charge >= 0.3 is 6.09 Å². The number of hydrogen-bond acceptors (Lipinski definition) is 7. The third-order valence-corrected chi connectivity index (χ3v) is 5.45. The highest BCUT2D eigenvalue weighted by atomic mass is 16.6. The number of aromatic nitrogens is 4. The van der Waals surface area contributed by atoms with Crippen LogP contribution in [0.15, 0.2) is 12.1 Å². The van der Waals surface area contributed by atoms with Gasteiger partial charge in [0.05, 0.1) is 18.4 Å². The number of nitrogens with zero attached hydrogens (tertiary/aromatic N) is 5. The van der Waals surface area contributed by atoms with Crippen LogP contribution in [0.2, 0.25) is 0 Å². The number of hydrogen-bond donors (Lipinski definition) is 0. The van der Waals surface area contributed by atoms with Crippen molar-refractivity contribution in [1.82, 2.24) is 24.9 Å². The molecule has 0 saturated heterocycles. The minimum absolute atomic E-state index is 0.0628. The van der Waals surface area contributed by atoms with E-state index < -0.39 is 0 Å². The van der Waals surface area contributed by atoms with Crippen LogP contribution in [-0.4, -0.2) is 57.8 Å². The van der Waals surface area contributed by atoms with Gasteiger partial charge in [-0.25, -0.2) is 14.5 Å². The third kappa shape index (κ3) is 5.94. The molecule has 0 aromatic carbocycles. The Kier molecular flexibility index (Phi) is 8.22. The summed E-state index contributed by atoms with van der Waals surface area (Å²) in [7, 11) is 5.13. The lowest BCUT2D eigenvalue weighted by atomic mass is 9.98. The van der Waals surface area contributed by atoms with Gasteiger partial charge in [-0.2, -0.15) is 0 Å². The Hall–Kier alpha value is -2.68. The van der Waals surface area contributed by atoms with Crippen molar-refractivity contribution in [3.63, 3.8) is 0 Å². The van der Waals surface area contributed by atoms with Crippen LogP contribution in [0.4, 0.5) is 4.79 Å². The summed E-state index contributed by atoms with van der Waals surface area (Å²) in [4.78, 5) is 18.5. The Morgan fingerprint density at radius 2 is 2.00 bits per heavy atom. The van der Waals surface area contributed by atoms with Gasteiger partial charge in [0.15, 0.2) is 0 Å². The van der Waals surface area contributed by atoms with Gasteiger partial charge in [-0.15, -0.1) is 5.10 Å². The van der Waals surface area contributed by atoms with Gasteiger partial charge in [0.1, 0.15) is 29.4 Å². The molecular weight excluding hydrogens is 398 g/mol. The SMILES string of the molecule is CCCN(C)C(=O)OCc1c(-c2ccc(OC3CCCCC3)c(COC)n2)nnn1C. The number of carbonyl (C=O) groups excluding carboxylic acids is 1. The van der Waals surface area contributed by atoms with E-state index in [1.54, 1.807) is 30.8 Å². The molecule has 170 valence electrons. The first kappa shape index (κ1) is 23.0. The molecule has 1 aliphatic carbocycles. The predicted octanol–water partition coefficient (Wildman–Crippen LogP) is 3.71. The minimum atomic E-state index is -0.377. The summed E-state index contributed by atoms with van der Waals surface area (Å²) in [5, 5.41) is 8.36. The van der Waals surface area contributed by atoms with Gasteiger partial charge in [-0.05, 0) is 44.2 Å². The summed E-state index contributed by atoms with van der Waals surface area (Å²) in [6, 6.07) is 3.79. The first-order valence-electron chi connectivity index (χ1n) is 11.0. The lowest BCUT2D eigenvalue weighted by Crippen LogP contribution is -2.28. The van der Waals surface area contributed by atoms with Crippen LogP contribution in [0.25, 0.3) is 11.4 Å². The molecule has 1 saturated carbocycles. The zero-order valence-corrected chi connectivity index (χ0v) is 19.0. The second-order valence-electron chi connectivity index (χ2n) is 7.94. The second-order valence-corrected chi connectivity index (χ2v) is 7.94. The number of pyridine rings is 1. The zero-order chi connectivity index (χ0) is 22.2. The summed E-state index contributed by atoms with van der Waals surface area (Å²) in [6.07, 6.45) is 6.53. The fourth-order valence-electron chi connectivity index (χ4n) is 3.74. The van der Waals surface area contributed by atoms with Crippen LogP contribution in [0.1, 0.15) is 56.8 Å². The second kappa shape index (κ2) is 11.1. The van der Waals surface area contributed by atoms with E-state index >= 15 is 0 Å². The normalized spacial score (nSPS) is 14.5. The van der Waals surface area contributed by atoms with E-state index in [4.69, 9.17) is 19.2 Å². The monoisotopic (exact) mass is 431 g/mol. The molecule has 0 aliphatic heterocycles. The highest BCUT2D eigenvalue weighted by Gasteiger charge is 2.21. The summed E-state index contributed by atoms with van der Waals surface area (Å²) < 4.78 is 18.6. The number of amides is 1. The molecule has 0 spiro atoms. The van der Waals surface area contributed by atoms with Gasteiger partial charge in [-0.1, -0.05) is 18.6 Å². The lowest BCUT2D eigenvalue weighted by molar-refractivity contribution is 0.103. The lowest BCUT2D eigenvalue weighted by Gasteiger charge is -2.24. The number of rotatable bonds is 9. The smallest absolute Gasteiger partial charge is 0.409 e. The van der Waals surface area contributed by atoms with E-state index in [9.17, 15) is 4.79 Å². The van der Waals surface area contributed by atoms with Gasteiger partial charge in [-0.3, -0.25) is 0 Å². The Balaban J connectivity index is 1.79. The van der Waals surface area contributed by atoms with E-state index in [0.717, 1.165) is 30.7 Å². The summed E-state index contributed by atoms with van der Waals surface area (Å²) in [6.45, 7) is 3.05. The molecule has 2 aromatic heterocycles. The van der Waals surface area contributed by atoms with E-state index in [1.165, 1.54) is 19.3 Å². The molecule has 0 bridgehead atoms. The topological polar surface area (TPSA) is 91.6 Å². The van der Waals surface area contributed by atoms with Crippen LogP contribution in [-0.2, 0) is 29.7 Å². The van der Waals surface area contributed by atoms with Gasteiger partial charge in [0, 0.05) is 27.7 Å². The van der Waals surface area contributed by atoms with Crippen LogP contribution in [0, 0.1) is 0 Å². The number of ether oxygens (including phenoxy) is 3. The molecular formula is C22H33N5O4. The van der Waals surface area contributed by atoms with Gasteiger partial charge in [0.25, 0.3) is 0 Å². The molecule has 31 heavy (non-hydrogen) atoms. The van der Waals surface area contributed by atoms with Crippen molar-refractivity contribution in [2.75, 3.05) is 20.7 Å². The maximum absolute atomic E-state index is 12.2. The largest absolute Gasteiger partial charge is 0.488 e. The standard InChI is InChI=1S/C22H33N5O4/c1-5-13-26(2)22(28)30-15-19-21(24-25-27(19)3)17-11-12-20(18(23-17)14-29-4)31-16-9-7-6-8-10-16/h11-12,16H,5-10,13-15H2,1-4H3. The van der Waals surface area contributed by atoms with Crippen molar-refractivity contribution in [2.45, 2.75) is 64.8 Å². The Morgan fingerprint density at radius 1 is 1.23 bits per heavy atom. The number of carbonyl (C=O) groups is 1. The summed E-state index contributed by atoms with van der Waals surface area (Å²) in [5.74, 6) is 0.746.